The van der Waals surface area contributed by atoms with Crippen molar-refractivity contribution in [2.45, 2.75) is 64.4 Å². The molecule has 10 heteroatoms. The molecule has 0 saturated carbocycles. The summed E-state index contributed by atoms with van der Waals surface area (Å²) >= 11 is 0. The SMILES string of the molecule is CCCCNC(=O)[C@@H](CC)N(Cc1ccc(C)cc1)C(=O)CN(c1ccc(OC)c(OC)c1)S(=O)(=O)c1ccc(C)cc1. The molecule has 43 heavy (non-hydrogen) atoms. The smallest absolute Gasteiger partial charge is 0.264 e. The summed E-state index contributed by atoms with van der Waals surface area (Å²) in [5.41, 5.74) is 3.02. The third kappa shape index (κ3) is 8.50. The van der Waals surface area contributed by atoms with Gasteiger partial charge >= 0.3 is 0 Å². The molecular weight excluding hydrogens is 566 g/mol. The number of carbonyl (C=O) groups is 2. The van der Waals surface area contributed by atoms with Crippen molar-refractivity contribution in [1.29, 1.82) is 0 Å². The molecule has 9 nitrogen and oxygen atoms in total. The van der Waals surface area contributed by atoms with E-state index in [-0.39, 0.29) is 23.0 Å². The highest BCUT2D eigenvalue weighted by Gasteiger charge is 2.34. The van der Waals surface area contributed by atoms with Crippen molar-refractivity contribution in [1.82, 2.24) is 10.2 Å². The van der Waals surface area contributed by atoms with Crippen LogP contribution >= 0.6 is 0 Å². The van der Waals surface area contributed by atoms with Crippen LogP contribution in [0.25, 0.3) is 0 Å². The Hall–Kier alpha value is -4.05. The maximum atomic E-state index is 14.2. The maximum Gasteiger partial charge on any atom is 0.264 e. The molecule has 0 heterocycles. The Labute approximate surface area is 255 Å². The van der Waals surface area contributed by atoms with Crippen molar-refractivity contribution in [3.8, 4) is 11.5 Å². The van der Waals surface area contributed by atoms with Crippen molar-refractivity contribution in [2.24, 2.45) is 0 Å². The molecule has 2 amide bonds. The first-order chi connectivity index (χ1) is 20.5. The van der Waals surface area contributed by atoms with Crippen LogP contribution in [0.15, 0.2) is 71.6 Å². The third-order valence-electron chi connectivity index (χ3n) is 7.23. The number of carbonyl (C=O) groups excluding carboxylic acids is 2. The zero-order valence-electron chi connectivity index (χ0n) is 25.9. The fourth-order valence-electron chi connectivity index (χ4n) is 4.66. The van der Waals surface area contributed by atoms with Gasteiger partial charge in [-0.3, -0.25) is 13.9 Å². The molecule has 3 aromatic rings. The molecule has 0 unspecified atom stereocenters. The van der Waals surface area contributed by atoms with E-state index in [2.05, 4.69) is 5.32 Å². The van der Waals surface area contributed by atoms with Gasteiger partial charge in [0, 0.05) is 19.2 Å². The molecule has 0 aliphatic heterocycles. The highest BCUT2D eigenvalue weighted by Crippen LogP contribution is 2.34. The van der Waals surface area contributed by atoms with E-state index >= 15 is 0 Å². The summed E-state index contributed by atoms with van der Waals surface area (Å²) < 4.78 is 40.1. The molecule has 232 valence electrons. The molecule has 0 aliphatic carbocycles. The van der Waals surface area contributed by atoms with Gasteiger partial charge < -0.3 is 19.7 Å². The van der Waals surface area contributed by atoms with Crippen LogP contribution in [0.2, 0.25) is 0 Å². The number of anilines is 1. The monoisotopic (exact) mass is 609 g/mol. The van der Waals surface area contributed by atoms with Crippen molar-refractivity contribution < 1.29 is 27.5 Å². The van der Waals surface area contributed by atoms with Crippen LogP contribution < -0.4 is 19.1 Å². The first-order valence-corrected chi connectivity index (χ1v) is 15.9. The zero-order valence-corrected chi connectivity index (χ0v) is 26.7. The summed E-state index contributed by atoms with van der Waals surface area (Å²) in [6.07, 6.45) is 2.09. The summed E-state index contributed by atoms with van der Waals surface area (Å²) in [7, 11) is -1.26. The molecular formula is C33H43N3O6S. The quantitative estimate of drug-likeness (QED) is 0.236. The Morgan fingerprint density at radius 3 is 2.02 bits per heavy atom. The predicted molar refractivity (Wildman–Crippen MR) is 169 cm³/mol. The van der Waals surface area contributed by atoms with E-state index < -0.39 is 28.5 Å². The number of benzene rings is 3. The van der Waals surface area contributed by atoms with Gasteiger partial charge in [0.15, 0.2) is 11.5 Å². The summed E-state index contributed by atoms with van der Waals surface area (Å²) in [5, 5.41) is 2.94. The zero-order chi connectivity index (χ0) is 31.6. The maximum absolute atomic E-state index is 14.2. The number of aryl methyl sites for hydroxylation is 2. The minimum Gasteiger partial charge on any atom is -0.493 e. The van der Waals surface area contributed by atoms with Gasteiger partial charge in [0.2, 0.25) is 11.8 Å². The van der Waals surface area contributed by atoms with Gasteiger partial charge in [-0.25, -0.2) is 8.42 Å². The number of sulfonamides is 1. The van der Waals surface area contributed by atoms with Gasteiger partial charge in [-0.15, -0.1) is 0 Å². The highest BCUT2D eigenvalue weighted by molar-refractivity contribution is 7.92. The molecule has 0 spiro atoms. The van der Waals surface area contributed by atoms with Gasteiger partial charge in [-0.2, -0.15) is 0 Å². The van der Waals surface area contributed by atoms with E-state index in [1.54, 1.807) is 24.3 Å². The Kier molecular flexibility index (Phi) is 12.0. The molecule has 3 aromatic carbocycles. The standard InChI is InChI=1S/C33H43N3O6S/c1-7-9-20-34-33(38)29(8-2)35(22-26-14-10-24(3)11-15-26)32(37)23-36(27-16-19-30(41-5)31(21-27)42-6)43(39,40)28-17-12-25(4)13-18-28/h10-19,21,29H,7-9,20,22-23H2,1-6H3,(H,34,38)/t29-/m1/s1. The lowest BCUT2D eigenvalue weighted by molar-refractivity contribution is -0.140. The average Bonchev–Trinajstić information content (AvgIpc) is 3.00. The Morgan fingerprint density at radius 1 is 0.860 bits per heavy atom. The summed E-state index contributed by atoms with van der Waals surface area (Å²) in [6, 6.07) is 18.0. The van der Waals surface area contributed by atoms with E-state index in [0.29, 0.717) is 24.5 Å². The lowest BCUT2D eigenvalue weighted by atomic mass is 10.1. The fourth-order valence-corrected chi connectivity index (χ4v) is 6.07. The molecule has 0 radical (unpaired) electrons. The van der Waals surface area contributed by atoms with Crippen LogP contribution in [0.4, 0.5) is 5.69 Å². The molecule has 1 atom stereocenters. The van der Waals surface area contributed by atoms with Crippen molar-refractivity contribution in [3.05, 3.63) is 83.4 Å². The van der Waals surface area contributed by atoms with E-state index in [1.165, 1.54) is 37.3 Å². The number of nitrogens with zero attached hydrogens (tertiary/aromatic N) is 2. The van der Waals surface area contributed by atoms with E-state index in [0.717, 1.165) is 33.8 Å². The van der Waals surface area contributed by atoms with Crippen LogP contribution in [0.1, 0.15) is 49.8 Å². The van der Waals surface area contributed by atoms with Gasteiger partial charge in [-0.05, 0) is 56.5 Å². The van der Waals surface area contributed by atoms with Crippen molar-refractivity contribution in [3.63, 3.8) is 0 Å². The number of hydrogen-bond acceptors (Lipinski definition) is 6. The highest BCUT2D eigenvalue weighted by atomic mass is 32.2. The Morgan fingerprint density at radius 2 is 1.47 bits per heavy atom. The number of unbranched alkanes of at least 4 members (excludes halogenated alkanes) is 1. The summed E-state index contributed by atoms with van der Waals surface area (Å²) in [5.74, 6) is -0.0464. The third-order valence-corrected chi connectivity index (χ3v) is 9.02. The molecule has 0 fully saturated rings. The van der Waals surface area contributed by atoms with E-state index in [1.807, 2.05) is 52.0 Å². The van der Waals surface area contributed by atoms with Gasteiger partial charge in [0.1, 0.15) is 12.6 Å². The normalized spacial score (nSPS) is 11.9. The van der Waals surface area contributed by atoms with Crippen LogP contribution in [0, 0.1) is 13.8 Å². The number of nitrogens with one attached hydrogen (secondary N) is 1. The first kappa shape index (κ1) is 33.5. The lowest BCUT2D eigenvalue weighted by Gasteiger charge is -2.33. The number of rotatable bonds is 15. The molecule has 0 saturated heterocycles. The summed E-state index contributed by atoms with van der Waals surface area (Å²) in [4.78, 5) is 29.1. The van der Waals surface area contributed by atoms with Crippen molar-refractivity contribution >= 4 is 27.5 Å². The minimum absolute atomic E-state index is 0.0371. The molecule has 0 aliphatic rings. The van der Waals surface area contributed by atoms with Crippen LogP contribution in [-0.4, -0.2) is 58.5 Å². The largest absolute Gasteiger partial charge is 0.493 e. The second kappa shape index (κ2) is 15.4. The lowest BCUT2D eigenvalue weighted by Crippen LogP contribution is -2.52. The molecule has 0 aromatic heterocycles. The van der Waals surface area contributed by atoms with Crippen molar-refractivity contribution in [2.75, 3.05) is 31.6 Å². The number of ether oxygens (including phenoxy) is 2. The Balaban J connectivity index is 2.09. The minimum atomic E-state index is -4.20. The van der Waals surface area contributed by atoms with Crippen LogP contribution in [-0.2, 0) is 26.2 Å². The second-order valence-electron chi connectivity index (χ2n) is 10.4. The molecule has 0 bridgehead atoms. The average molecular weight is 610 g/mol. The first-order valence-electron chi connectivity index (χ1n) is 14.5. The summed E-state index contributed by atoms with van der Waals surface area (Å²) in [6.45, 7) is 7.82. The predicted octanol–water partition coefficient (Wildman–Crippen LogP) is 5.24. The van der Waals surface area contributed by atoms with Crippen LogP contribution in [0.5, 0.6) is 11.5 Å². The number of amides is 2. The number of methoxy groups -OCH3 is 2. The second-order valence-corrected chi connectivity index (χ2v) is 12.3. The topological polar surface area (TPSA) is 105 Å². The van der Waals surface area contributed by atoms with E-state index in [4.69, 9.17) is 9.47 Å². The van der Waals surface area contributed by atoms with Gasteiger partial charge in [0.05, 0.1) is 24.8 Å². The Bertz CT molecular complexity index is 1470. The molecule has 1 N–H and O–H groups in total. The number of hydrogen-bond donors (Lipinski definition) is 1. The van der Waals surface area contributed by atoms with Crippen LogP contribution in [0.3, 0.4) is 0 Å². The van der Waals surface area contributed by atoms with E-state index in [9.17, 15) is 18.0 Å². The van der Waals surface area contributed by atoms with Gasteiger partial charge in [-0.1, -0.05) is 67.8 Å². The molecule has 3 rings (SSSR count). The van der Waals surface area contributed by atoms with Gasteiger partial charge in [0.25, 0.3) is 10.0 Å². The fraction of sp³-hybridized carbons (Fsp3) is 0.394.